The predicted octanol–water partition coefficient (Wildman–Crippen LogP) is 3.28. The van der Waals surface area contributed by atoms with E-state index in [2.05, 4.69) is 15.1 Å². The third-order valence-electron chi connectivity index (χ3n) is 2.91. The average Bonchev–Trinajstić information content (AvgIpc) is 2.33. The van der Waals surface area contributed by atoms with Crippen molar-refractivity contribution in [3.05, 3.63) is 0 Å². The van der Waals surface area contributed by atoms with Gasteiger partial charge in [-0.05, 0) is 6.42 Å². The van der Waals surface area contributed by atoms with Crippen LogP contribution in [0.1, 0.15) is 71.1 Å². The zero-order valence-corrected chi connectivity index (χ0v) is 14.3. The van der Waals surface area contributed by atoms with Crippen molar-refractivity contribution >= 4 is 18.2 Å². The molecule has 0 aliphatic rings. The molecule has 0 amide bonds. The smallest absolute Gasteiger partial charge is 0.302 e. The van der Waals surface area contributed by atoms with Crippen molar-refractivity contribution in [2.24, 2.45) is 0 Å². The van der Waals surface area contributed by atoms with Gasteiger partial charge in [-0.3, -0.25) is 0 Å². The third kappa shape index (κ3) is 16.2. The van der Waals surface area contributed by atoms with Crippen molar-refractivity contribution in [1.82, 2.24) is 0 Å². The van der Waals surface area contributed by atoms with E-state index in [1.807, 2.05) is 0 Å². The third-order valence-corrected chi connectivity index (χ3v) is 4.88. The number of unbranched alkanes of at least 4 members (excludes halogenated alkanes) is 9. The number of rotatable bonds is 14. The van der Waals surface area contributed by atoms with Crippen molar-refractivity contribution in [1.29, 1.82) is 0 Å². The van der Waals surface area contributed by atoms with E-state index in [1.165, 1.54) is 38.5 Å². The fourth-order valence-electron chi connectivity index (χ4n) is 1.89. The Morgan fingerprint density at radius 3 is 1.71 bits per heavy atom. The molecule has 0 aliphatic heterocycles. The maximum Gasteiger partial charge on any atom is 0.486 e. The molecule has 2 N–H and O–H groups in total. The predicted molar refractivity (Wildman–Crippen MR) is 79.8 cm³/mol. The van der Waals surface area contributed by atoms with E-state index in [0.29, 0.717) is 6.42 Å². The summed E-state index contributed by atoms with van der Waals surface area (Å²) in [4.78, 5) is 16.7. The molecule has 0 aliphatic carbocycles. The Labute approximate surface area is 127 Å². The van der Waals surface area contributed by atoms with Crippen molar-refractivity contribution in [3.63, 3.8) is 0 Å². The lowest BCUT2D eigenvalue weighted by atomic mass is 10.1. The Kier molecular flexibility index (Phi) is 11.6. The summed E-state index contributed by atoms with van der Waals surface area (Å²) in [6.07, 6.45) is 11.0. The SMILES string of the molecule is CCCCCCCCCCCCOS(=O)(=O)OP(=O)(O)O. The van der Waals surface area contributed by atoms with Crippen molar-refractivity contribution in [2.75, 3.05) is 6.61 Å². The molecule has 128 valence electrons. The zero-order valence-electron chi connectivity index (χ0n) is 12.6. The molecule has 9 heteroatoms. The van der Waals surface area contributed by atoms with Gasteiger partial charge in [0.15, 0.2) is 0 Å². The fourth-order valence-corrected chi connectivity index (χ4v) is 3.34. The van der Waals surface area contributed by atoms with Crippen LogP contribution in [-0.2, 0) is 23.1 Å². The quantitative estimate of drug-likeness (QED) is 0.367. The van der Waals surface area contributed by atoms with Gasteiger partial charge in [-0.25, -0.2) is 8.75 Å². The first kappa shape index (κ1) is 21.0. The van der Waals surface area contributed by atoms with Crippen LogP contribution in [0.2, 0.25) is 0 Å². The number of hydrogen-bond donors (Lipinski definition) is 2. The zero-order chi connectivity index (χ0) is 16.2. The van der Waals surface area contributed by atoms with Gasteiger partial charge in [0.1, 0.15) is 0 Å². The van der Waals surface area contributed by atoms with E-state index < -0.39 is 18.2 Å². The van der Waals surface area contributed by atoms with Gasteiger partial charge in [-0.1, -0.05) is 64.7 Å². The number of phosphoric acid groups is 1. The summed E-state index contributed by atoms with van der Waals surface area (Å²) < 4.78 is 40.2. The Morgan fingerprint density at radius 2 is 1.29 bits per heavy atom. The normalized spacial score (nSPS) is 12.7. The maximum absolute atomic E-state index is 11.0. The second-order valence-electron chi connectivity index (χ2n) is 4.98. The summed E-state index contributed by atoms with van der Waals surface area (Å²) in [6.45, 7) is 2.06. The monoisotopic (exact) mass is 346 g/mol. The highest BCUT2D eigenvalue weighted by Gasteiger charge is 2.26. The highest BCUT2D eigenvalue weighted by atomic mass is 32.3. The molecule has 0 radical (unpaired) electrons. The van der Waals surface area contributed by atoms with Crippen LogP contribution in [0.3, 0.4) is 0 Å². The van der Waals surface area contributed by atoms with Crippen LogP contribution in [0.15, 0.2) is 0 Å². The van der Waals surface area contributed by atoms with Gasteiger partial charge in [0, 0.05) is 0 Å². The van der Waals surface area contributed by atoms with Crippen LogP contribution >= 0.6 is 7.82 Å². The first-order chi connectivity index (χ1) is 9.77. The van der Waals surface area contributed by atoms with Gasteiger partial charge < -0.3 is 9.79 Å². The fraction of sp³-hybridized carbons (Fsp3) is 1.00. The molecule has 0 aromatic rings. The first-order valence-corrected chi connectivity index (χ1v) is 10.3. The van der Waals surface area contributed by atoms with Crippen molar-refractivity contribution in [2.45, 2.75) is 71.1 Å². The molecule has 0 aromatic carbocycles. The van der Waals surface area contributed by atoms with Crippen LogP contribution in [-0.4, -0.2) is 24.8 Å². The highest BCUT2D eigenvalue weighted by Crippen LogP contribution is 2.38. The second kappa shape index (κ2) is 11.6. The molecule has 0 unspecified atom stereocenters. The van der Waals surface area contributed by atoms with Crippen LogP contribution in [0.5, 0.6) is 0 Å². The van der Waals surface area contributed by atoms with E-state index in [-0.39, 0.29) is 6.61 Å². The molecule has 0 rings (SSSR count). The molecule has 0 heterocycles. The van der Waals surface area contributed by atoms with E-state index in [4.69, 9.17) is 9.79 Å². The molecule has 0 atom stereocenters. The summed E-state index contributed by atoms with van der Waals surface area (Å²) in [7, 11) is -9.70. The topological polar surface area (TPSA) is 110 Å². The van der Waals surface area contributed by atoms with E-state index in [0.717, 1.165) is 19.3 Å². The van der Waals surface area contributed by atoms with Gasteiger partial charge in [0.25, 0.3) is 0 Å². The Hall–Kier alpha value is 0.0200. The molecular formula is C12H27O7PS. The Bertz CT molecular complexity index is 390. The standard InChI is InChI=1S/C12H27O7PS/c1-2-3-4-5-6-7-8-9-10-11-12-18-21(16,17)19-20(13,14)15/h2-12H2,1H3,(H2,13,14,15). The second-order valence-corrected chi connectivity index (χ2v) is 7.61. The number of hydrogen-bond acceptors (Lipinski definition) is 5. The summed E-state index contributed by atoms with van der Waals surface area (Å²) in [6, 6.07) is 0. The Balaban J connectivity index is 3.42. The molecule has 0 spiro atoms. The van der Waals surface area contributed by atoms with E-state index >= 15 is 0 Å². The summed E-state index contributed by atoms with van der Waals surface area (Å²) in [5, 5.41) is 0. The molecule has 21 heavy (non-hydrogen) atoms. The Morgan fingerprint density at radius 1 is 0.857 bits per heavy atom. The van der Waals surface area contributed by atoms with Crippen LogP contribution in [0.25, 0.3) is 0 Å². The summed E-state index contributed by atoms with van der Waals surface area (Å²) >= 11 is 0. The van der Waals surface area contributed by atoms with Crippen molar-refractivity contribution in [3.8, 4) is 0 Å². The molecule has 0 saturated heterocycles. The van der Waals surface area contributed by atoms with Gasteiger partial charge >= 0.3 is 18.2 Å². The summed E-state index contributed by atoms with van der Waals surface area (Å²) in [5.41, 5.74) is 0. The molecule has 0 saturated carbocycles. The van der Waals surface area contributed by atoms with Crippen molar-refractivity contribution < 1.29 is 30.9 Å². The van der Waals surface area contributed by atoms with E-state index in [1.54, 1.807) is 0 Å². The molecule has 0 aromatic heterocycles. The molecular weight excluding hydrogens is 319 g/mol. The molecule has 7 nitrogen and oxygen atoms in total. The largest absolute Gasteiger partial charge is 0.486 e. The van der Waals surface area contributed by atoms with Crippen LogP contribution in [0.4, 0.5) is 0 Å². The van der Waals surface area contributed by atoms with Crippen LogP contribution < -0.4 is 0 Å². The minimum absolute atomic E-state index is 0.126. The first-order valence-electron chi connectivity index (χ1n) is 7.43. The average molecular weight is 346 g/mol. The van der Waals surface area contributed by atoms with Gasteiger partial charge in [0.05, 0.1) is 6.61 Å². The minimum Gasteiger partial charge on any atom is -0.302 e. The summed E-state index contributed by atoms with van der Waals surface area (Å²) in [5.74, 6) is 0. The minimum atomic E-state index is -5.08. The lowest BCUT2D eigenvalue weighted by molar-refractivity contribution is 0.230. The van der Waals surface area contributed by atoms with Crippen LogP contribution in [0, 0.1) is 0 Å². The van der Waals surface area contributed by atoms with Gasteiger partial charge in [0.2, 0.25) is 0 Å². The lowest BCUT2D eigenvalue weighted by Crippen LogP contribution is -2.09. The van der Waals surface area contributed by atoms with Gasteiger partial charge in [-0.15, -0.1) is 3.97 Å². The van der Waals surface area contributed by atoms with E-state index in [9.17, 15) is 13.0 Å². The lowest BCUT2D eigenvalue weighted by Gasteiger charge is -2.06. The highest BCUT2D eigenvalue weighted by molar-refractivity contribution is 7.86. The molecule has 0 bridgehead atoms. The maximum atomic E-state index is 11.0. The molecule has 0 fully saturated rings. The van der Waals surface area contributed by atoms with Gasteiger partial charge in [-0.2, -0.15) is 8.42 Å².